The third-order valence-electron chi connectivity index (χ3n) is 14.3. The Bertz CT molecular complexity index is 3430. The number of fused-ring (bicyclic) bond motifs is 9. The molecule has 0 bridgehead atoms. The van der Waals surface area contributed by atoms with Crippen molar-refractivity contribution >= 4 is 17.1 Å². The van der Waals surface area contributed by atoms with Crippen molar-refractivity contribution in [3.8, 4) is 77.9 Å². The summed E-state index contributed by atoms with van der Waals surface area (Å²) in [5, 5.41) is 0. The molecule has 0 atom stereocenters. The molecule has 11 aromatic carbocycles. The lowest BCUT2D eigenvalue weighted by molar-refractivity contribution is 0.753. The molecule has 0 fully saturated rings. The van der Waals surface area contributed by atoms with Gasteiger partial charge in [-0.15, -0.1) is 0 Å². The van der Waals surface area contributed by atoms with Gasteiger partial charge >= 0.3 is 0 Å². The second-order valence-corrected chi connectivity index (χ2v) is 18.0. The summed E-state index contributed by atoms with van der Waals surface area (Å²) in [5.41, 5.74) is 24.7. The first-order valence-electron chi connectivity index (χ1n) is 23.6. The molecule has 0 N–H and O–H groups in total. The van der Waals surface area contributed by atoms with Gasteiger partial charge in [-0.3, -0.25) is 0 Å². The first-order valence-corrected chi connectivity index (χ1v) is 23.6. The lowest BCUT2D eigenvalue weighted by atomic mass is 9.64. The zero-order valence-electron chi connectivity index (χ0n) is 37.4. The Kier molecular flexibility index (Phi) is 9.47. The molecule has 68 heavy (non-hydrogen) atoms. The van der Waals surface area contributed by atoms with Crippen LogP contribution in [0.2, 0.25) is 0 Å². The fourth-order valence-electron chi connectivity index (χ4n) is 11.3. The van der Waals surface area contributed by atoms with Crippen LogP contribution in [0.5, 0.6) is 0 Å². The summed E-state index contributed by atoms with van der Waals surface area (Å²) in [6.07, 6.45) is 0. The molecule has 1 aliphatic heterocycles. The molecule has 1 aliphatic carbocycles. The van der Waals surface area contributed by atoms with Gasteiger partial charge in [0, 0.05) is 5.69 Å². The van der Waals surface area contributed by atoms with Crippen LogP contribution >= 0.6 is 0 Å². The van der Waals surface area contributed by atoms with Crippen molar-refractivity contribution in [1.82, 2.24) is 0 Å². The second-order valence-electron chi connectivity index (χ2n) is 18.0. The van der Waals surface area contributed by atoms with E-state index in [4.69, 9.17) is 0 Å². The Hall–Kier alpha value is -8.78. The van der Waals surface area contributed by atoms with Gasteiger partial charge < -0.3 is 4.90 Å². The maximum Gasteiger partial charge on any atom is 0.0754 e. The van der Waals surface area contributed by atoms with Crippen molar-refractivity contribution in [2.75, 3.05) is 4.90 Å². The van der Waals surface area contributed by atoms with Crippen LogP contribution in [0.4, 0.5) is 17.1 Å². The highest BCUT2D eigenvalue weighted by Gasteiger charge is 2.52. The average Bonchev–Trinajstić information content (AvgIpc) is 3.72. The van der Waals surface area contributed by atoms with Gasteiger partial charge in [0.15, 0.2) is 0 Å². The van der Waals surface area contributed by atoms with Crippen molar-refractivity contribution in [2.24, 2.45) is 0 Å². The lowest BCUT2D eigenvalue weighted by Gasteiger charge is -2.45. The molecule has 1 heteroatoms. The number of nitrogens with zero attached hydrogens (tertiary/aromatic N) is 1. The Morgan fingerprint density at radius 1 is 0.206 bits per heavy atom. The molecular weight excluding hydrogens is 819 g/mol. The van der Waals surface area contributed by atoms with Crippen LogP contribution in [0.3, 0.4) is 0 Å². The molecule has 1 heterocycles. The van der Waals surface area contributed by atoms with E-state index in [1.54, 1.807) is 0 Å². The summed E-state index contributed by atoms with van der Waals surface area (Å²) in [6, 6.07) is 101. The first-order chi connectivity index (χ1) is 33.7. The Morgan fingerprint density at radius 3 is 0.926 bits per heavy atom. The van der Waals surface area contributed by atoms with E-state index in [0.717, 1.165) is 17.1 Å². The topological polar surface area (TPSA) is 3.24 Å². The molecule has 2 aliphatic rings. The lowest BCUT2D eigenvalue weighted by Crippen LogP contribution is -2.36. The minimum atomic E-state index is -0.664. The van der Waals surface area contributed by atoms with E-state index in [-0.39, 0.29) is 0 Å². The van der Waals surface area contributed by atoms with Crippen LogP contribution in [0.25, 0.3) is 77.9 Å². The molecule has 0 saturated carbocycles. The highest BCUT2D eigenvalue weighted by atomic mass is 15.2. The normalized spacial score (nSPS) is 12.8. The average molecular weight is 864 g/mol. The smallest absolute Gasteiger partial charge is 0.0754 e. The maximum atomic E-state index is 2.55. The minimum absolute atomic E-state index is 0.664. The summed E-state index contributed by atoms with van der Waals surface area (Å²) >= 11 is 0. The SMILES string of the molecule is c1ccc(-c2cc(-c3ccccc3)cc(N3c4ccc(-c5ccccc5-c5ccccc5)cc4C4(c5ccccc5-c5ccccc54)c4cc(-c5ccccc5-c5ccccc5)ccc43)c2)cc1. The number of rotatable bonds is 7. The second kappa shape index (κ2) is 16.3. The standard InChI is InChI=1S/C67H45N/c1-5-21-46(22-6-1)52-41-53(47-23-7-2-8-24-47)43-54(42-52)68-65-39-37-50(57-31-15-13-29-55(57)48-25-9-3-10-26-48)44-63(65)67(61-35-19-17-33-59(61)60-34-18-20-36-62(60)67)64-45-51(38-40-66(64)68)58-32-16-14-30-56(58)49-27-11-4-12-28-49/h1-45H. The Morgan fingerprint density at radius 2 is 0.529 bits per heavy atom. The largest absolute Gasteiger partial charge is 0.310 e. The van der Waals surface area contributed by atoms with E-state index < -0.39 is 5.41 Å². The Labute approximate surface area is 398 Å². The summed E-state index contributed by atoms with van der Waals surface area (Å²) in [6.45, 7) is 0. The van der Waals surface area contributed by atoms with Crippen LogP contribution in [0.15, 0.2) is 273 Å². The molecule has 13 rings (SSSR count). The van der Waals surface area contributed by atoms with Crippen molar-refractivity contribution < 1.29 is 0 Å². The van der Waals surface area contributed by atoms with Crippen molar-refractivity contribution in [3.63, 3.8) is 0 Å². The Balaban J connectivity index is 1.16. The van der Waals surface area contributed by atoms with E-state index in [1.807, 2.05) is 0 Å². The predicted octanol–water partition coefficient (Wildman–Crippen LogP) is 17.8. The molecule has 1 spiro atoms. The molecule has 0 aromatic heterocycles. The molecule has 0 amide bonds. The molecule has 11 aromatic rings. The third kappa shape index (κ3) is 6.32. The van der Waals surface area contributed by atoms with Gasteiger partial charge in [0.25, 0.3) is 0 Å². The van der Waals surface area contributed by atoms with E-state index in [2.05, 4.69) is 278 Å². The van der Waals surface area contributed by atoms with E-state index in [0.29, 0.717) is 0 Å². The molecule has 1 nitrogen and oxygen atoms in total. The molecule has 0 unspecified atom stereocenters. The molecular formula is C67H45N. The van der Waals surface area contributed by atoms with Gasteiger partial charge in [-0.1, -0.05) is 231 Å². The molecule has 0 saturated heterocycles. The number of hydrogen-bond donors (Lipinski definition) is 0. The maximum absolute atomic E-state index is 2.55. The number of hydrogen-bond acceptors (Lipinski definition) is 1. The summed E-state index contributed by atoms with van der Waals surface area (Å²) in [5.74, 6) is 0. The van der Waals surface area contributed by atoms with Crippen molar-refractivity contribution in [3.05, 3.63) is 295 Å². The fourth-order valence-corrected chi connectivity index (χ4v) is 11.3. The van der Waals surface area contributed by atoms with Gasteiger partial charge in [-0.25, -0.2) is 0 Å². The highest BCUT2D eigenvalue weighted by Crippen LogP contribution is 2.64. The fraction of sp³-hybridized carbons (Fsp3) is 0.0149. The van der Waals surface area contributed by atoms with Crippen LogP contribution in [0.1, 0.15) is 22.3 Å². The van der Waals surface area contributed by atoms with Gasteiger partial charge in [0.1, 0.15) is 0 Å². The van der Waals surface area contributed by atoms with E-state index in [1.165, 1.54) is 100 Å². The van der Waals surface area contributed by atoms with Crippen LogP contribution < -0.4 is 4.90 Å². The molecule has 0 radical (unpaired) electrons. The first kappa shape index (κ1) is 39.6. The van der Waals surface area contributed by atoms with Crippen molar-refractivity contribution in [1.29, 1.82) is 0 Å². The monoisotopic (exact) mass is 863 g/mol. The minimum Gasteiger partial charge on any atom is -0.310 e. The third-order valence-corrected chi connectivity index (χ3v) is 14.3. The number of anilines is 3. The summed E-state index contributed by atoms with van der Waals surface area (Å²) < 4.78 is 0. The van der Waals surface area contributed by atoms with Crippen LogP contribution in [-0.2, 0) is 5.41 Å². The molecule has 318 valence electrons. The zero-order chi connectivity index (χ0) is 45.0. The zero-order valence-corrected chi connectivity index (χ0v) is 37.4. The van der Waals surface area contributed by atoms with Gasteiger partial charge in [0.2, 0.25) is 0 Å². The summed E-state index contributed by atoms with van der Waals surface area (Å²) in [7, 11) is 0. The predicted molar refractivity (Wildman–Crippen MR) is 285 cm³/mol. The van der Waals surface area contributed by atoms with Crippen LogP contribution in [-0.4, -0.2) is 0 Å². The quantitative estimate of drug-likeness (QED) is 0.154. The van der Waals surface area contributed by atoms with E-state index >= 15 is 0 Å². The van der Waals surface area contributed by atoms with Crippen LogP contribution in [0, 0.1) is 0 Å². The van der Waals surface area contributed by atoms with Gasteiger partial charge in [-0.05, 0) is 143 Å². The van der Waals surface area contributed by atoms with Gasteiger partial charge in [-0.2, -0.15) is 0 Å². The van der Waals surface area contributed by atoms with Crippen molar-refractivity contribution in [2.45, 2.75) is 5.41 Å². The summed E-state index contributed by atoms with van der Waals surface area (Å²) in [4.78, 5) is 2.55. The van der Waals surface area contributed by atoms with E-state index in [9.17, 15) is 0 Å². The highest BCUT2D eigenvalue weighted by molar-refractivity contribution is 6.00. The van der Waals surface area contributed by atoms with Gasteiger partial charge in [0.05, 0.1) is 16.8 Å². The number of benzene rings is 11.